The fraction of sp³-hybridized carbons (Fsp3) is 0. The lowest BCUT2D eigenvalue weighted by Crippen LogP contribution is -2.00. The van der Waals surface area contributed by atoms with E-state index < -0.39 is 0 Å². The molecule has 1 aromatic heterocycles. The fourth-order valence-corrected chi connectivity index (χ4v) is 8.52. The van der Waals surface area contributed by atoms with Crippen LogP contribution < -0.4 is 0 Å². The van der Waals surface area contributed by atoms with E-state index in [9.17, 15) is 5.26 Å². The summed E-state index contributed by atoms with van der Waals surface area (Å²) in [6.07, 6.45) is 0. The number of nitrogens with zero attached hydrogens (tertiary/aromatic N) is 4. The van der Waals surface area contributed by atoms with Crippen molar-refractivity contribution < 1.29 is 0 Å². The summed E-state index contributed by atoms with van der Waals surface area (Å²) in [5.41, 5.74) is 12.1. The summed E-state index contributed by atoms with van der Waals surface area (Å²) in [5, 5.41) is 17.3. The number of aromatic nitrogens is 3. The van der Waals surface area contributed by atoms with Gasteiger partial charge in [0.25, 0.3) is 0 Å². The molecule has 0 aliphatic rings. The van der Waals surface area contributed by atoms with Gasteiger partial charge in [-0.05, 0) is 113 Å². The molecule has 0 fully saturated rings. The average molecular weight is 789 g/mol. The monoisotopic (exact) mass is 788 g/mol. The summed E-state index contributed by atoms with van der Waals surface area (Å²) >= 11 is 0. The van der Waals surface area contributed by atoms with Crippen LogP contribution in [0.2, 0.25) is 0 Å². The third-order valence-corrected chi connectivity index (χ3v) is 11.7. The Morgan fingerprint density at radius 1 is 0.274 bits per heavy atom. The smallest absolute Gasteiger partial charge is 0.164 e. The van der Waals surface area contributed by atoms with Crippen molar-refractivity contribution in [3.8, 4) is 84.7 Å². The topological polar surface area (TPSA) is 62.5 Å². The van der Waals surface area contributed by atoms with Gasteiger partial charge in [0.1, 0.15) is 0 Å². The molecule has 0 N–H and O–H groups in total. The number of hydrogen-bond acceptors (Lipinski definition) is 4. The molecule has 0 unspecified atom stereocenters. The van der Waals surface area contributed by atoms with Crippen LogP contribution in [0.5, 0.6) is 0 Å². The lowest BCUT2D eigenvalue weighted by atomic mass is 9.90. The molecule has 0 aliphatic carbocycles. The van der Waals surface area contributed by atoms with Crippen LogP contribution in [0.1, 0.15) is 5.56 Å². The van der Waals surface area contributed by atoms with E-state index in [0.717, 1.165) is 72.0 Å². The number of fused-ring (bicyclic) bond motifs is 4. The third kappa shape index (κ3) is 6.94. The Labute approximate surface area is 359 Å². The van der Waals surface area contributed by atoms with Crippen molar-refractivity contribution in [2.45, 2.75) is 0 Å². The summed E-state index contributed by atoms with van der Waals surface area (Å²) in [5.74, 6) is 1.87. The molecular weight excluding hydrogens is 753 g/mol. The summed E-state index contributed by atoms with van der Waals surface area (Å²) in [6, 6.07) is 78.4. The number of hydrogen-bond donors (Lipinski definition) is 0. The third-order valence-electron chi connectivity index (χ3n) is 11.7. The van der Waals surface area contributed by atoms with Gasteiger partial charge in [0.05, 0.1) is 11.6 Å². The minimum atomic E-state index is 0.617. The summed E-state index contributed by atoms with van der Waals surface area (Å²) in [7, 11) is 0. The second kappa shape index (κ2) is 15.6. The zero-order valence-electron chi connectivity index (χ0n) is 33.6. The Balaban J connectivity index is 0.932. The second-order valence-corrected chi connectivity index (χ2v) is 15.6. The Bertz CT molecular complexity index is 3500. The highest BCUT2D eigenvalue weighted by Gasteiger charge is 2.15. The molecule has 4 heteroatoms. The molecule has 0 saturated heterocycles. The standard InChI is InChI=1S/C58H36N4/c59-37-38-31-49(35-51(32-38)55-36-48-15-7-8-16-52(48)53-17-9-10-18-54(53)55)47-30-24-42-23-29-46(33-50(42)34-47)41-21-27-45(28-22-41)58-61-56(43-13-5-2-6-14-43)60-57(62-58)44-25-19-40(20-26-44)39-11-3-1-4-12-39/h1-36H. The van der Waals surface area contributed by atoms with Gasteiger partial charge in [-0.25, -0.2) is 15.0 Å². The predicted molar refractivity (Wildman–Crippen MR) is 255 cm³/mol. The van der Waals surface area contributed by atoms with Crippen molar-refractivity contribution >= 4 is 32.3 Å². The molecule has 0 bridgehead atoms. The van der Waals surface area contributed by atoms with Gasteiger partial charge in [0, 0.05) is 16.7 Å². The van der Waals surface area contributed by atoms with Gasteiger partial charge in [0.2, 0.25) is 0 Å². The van der Waals surface area contributed by atoms with Crippen molar-refractivity contribution in [2.24, 2.45) is 0 Å². The molecule has 288 valence electrons. The van der Waals surface area contributed by atoms with E-state index >= 15 is 0 Å². The van der Waals surface area contributed by atoms with Crippen molar-refractivity contribution in [3.63, 3.8) is 0 Å². The minimum Gasteiger partial charge on any atom is -0.208 e. The van der Waals surface area contributed by atoms with E-state index in [0.29, 0.717) is 23.0 Å². The maximum absolute atomic E-state index is 10.2. The lowest BCUT2D eigenvalue weighted by molar-refractivity contribution is 1.07. The summed E-state index contributed by atoms with van der Waals surface area (Å²) in [6.45, 7) is 0. The molecule has 0 radical (unpaired) electrons. The van der Waals surface area contributed by atoms with Gasteiger partial charge in [-0.2, -0.15) is 5.26 Å². The van der Waals surface area contributed by atoms with E-state index in [1.165, 1.54) is 21.5 Å². The molecule has 11 aromatic rings. The van der Waals surface area contributed by atoms with E-state index in [4.69, 9.17) is 15.0 Å². The van der Waals surface area contributed by atoms with E-state index in [1.54, 1.807) is 0 Å². The molecule has 0 saturated carbocycles. The normalized spacial score (nSPS) is 11.2. The SMILES string of the molecule is N#Cc1cc(-c2ccc3ccc(-c4ccc(-c5nc(-c6ccccc6)nc(-c6ccc(-c7ccccc7)cc6)n5)cc4)cc3c2)cc(-c2cc3ccccc3c3ccccc23)c1. The highest BCUT2D eigenvalue weighted by Crippen LogP contribution is 2.38. The second-order valence-electron chi connectivity index (χ2n) is 15.6. The van der Waals surface area contributed by atoms with Crippen LogP contribution in [0.15, 0.2) is 218 Å². The van der Waals surface area contributed by atoms with Gasteiger partial charge in [-0.3, -0.25) is 0 Å². The molecular formula is C58H36N4. The van der Waals surface area contributed by atoms with Gasteiger partial charge < -0.3 is 0 Å². The maximum atomic E-state index is 10.2. The highest BCUT2D eigenvalue weighted by molar-refractivity contribution is 6.14. The van der Waals surface area contributed by atoms with Crippen molar-refractivity contribution in [1.29, 1.82) is 5.26 Å². The minimum absolute atomic E-state index is 0.617. The van der Waals surface area contributed by atoms with Gasteiger partial charge in [-0.15, -0.1) is 0 Å². The zero-order chi connectivity index (χ0) is 41.4. The van der Waals surface area contributed by atoms with Crippen LogP contribution in [-0.2, 0) is 0 Å². The van der Waals surface area contributed by atoms with Crippen LogP contribution in [-0.4, -0.2) is 15.0 Å². The largest absolute Gasteiger partial charge is 0.208 e. The number of nitriles is 1. The van der Waals surface area contributed by atoms with Gasteiger partial charge in [-0.1, -0.05) is 182 Å². The van der Waals surface area contributed by atoms with Crippen molar-refractivity contribution in [3.05, 3.63) is 224 Å². The predicted octanol–water partition coefficient (Wildman–Crippen LogP) is 14.9. The van der Waals surface area contributed by atoms with Crippen LogP contribution in [0.3, 0.4) is 0 Å². The van der Waals surface area contributed by atoms with Crippen LogP contribution in [0, 0.1) is 11.3 Å². The van der Waals surface area contributed by atoms with Crippen molar-refractivity contribution in [1.82, 2.24) is 15.0 Å². The van der Waals surface area contributed by atoms with Crippen LogP contribution in [0.4, 0.5) is 0 Å². The number of benzene rings is 10. The average Bonchev–Trinajstić information content (AvgIpc) is 3.36. The molecule has 4 nitrogen and oxygen atoms in total. The number of rotatable bonds is 7. The Morgan fingerprint density at radius 3 is 1.32 bits per heavy atom. The molecule has 0 amide bonds. The Morgan fingerprint density at radius 2 is 0.710 bits per heavy atom. The first-order chi connectivity index (χ1) is 30.6. The Kier molecular flexibility index (Phi) is 9.19. The zero-order valence-corrected chi connectivity index (χ0v) is 33.6. The van der Waals surface area contributed by atoms with E-state index in [1.807, 2.05) is 48.5 Å². The van der Waals surface area contributed by atoms with Crippen LogP contribution in [0.25, 0.3) is 111 Å². The fourth-order valence-electron chi connectivity index (χ4n) is 8.52. The lowest BCUT2D eigenvalue weighted by Gasteiger charge is -2.13. The molecule has 62 heavy (non-hydrogen) atoms. The first-order valence-electron chi connectivity index (χ1n) is 20.7. The van der Waals surface area contributed by atoms with Crippen molar-refractivity contribution in [2.75, 3.05) is 0 Å². The summed E-state index contributed by atoms with van der Waals surface area (Å²) < 4.78 is 0. The van der Waals surface area contributed by atoms with Crippen LogP contribution >= 0.6 is 0 Å². The molecule has 0 spiro atoms. The maximum Gasteiger partial charge on any atom is 0.164 e. The molecule has 1 heterocycles. The van der Waals surface area contributed by atoms with E-state index in [-0.39, 0.29) is 0 Å². The van der Waals surface area contributed by atoms with Gasteiger partial charge in [0.15, 0.2) is 17.5 Å². The quantitative estimate of drug-likeness (QED) is 0.151. The molecule has 11 rings (SSSR count). The molecule has 0 atom stereocenters. The molecule has 10 aromatic carbocycles. The Hall–Kier alpha value is -8.52. The molecule has 0 aliphatic heterocycles. The highest BCUT2D eigenvalue weighted by atomic mass is 15.0. The van der Waals surface area contributed by atoms with E-state index in [2.05, 4.69) is 176 Å². The summed E-state index contributed by atoms with van der Waals surface area (Å²) in [4.78, 5) is 14.9. The van der Waals surface area contributed by atoms with Gasteiger partial charge >= 0.3 is 0 Å². The first-order valence-corrected chi connectivity index (χ1v) is 20.7. The first kappa shape index (κ1) is 36.6.